The summed E-state index contributed by atoms with van der Waals surface area (Å²) in [4.78, 5) is 4.14. The molecule has 0 radical (unpaired) electrons. The summed E-state index contributed by atoms with van der Waals surface area (Å²) in [5.41, 5.74) is 0.840. The van der Waals surface area contributed by atoms with Crippen molar-refractivity contribution in [1.82, 2.24) is 19.9 Å². The normalized spacial score (nSPS) is 10.6. The molecule has 0 aliphatic heterocycles. The summed E-state index contributed by atoms with van der Waals surface area (Å²) in [7, 11) is 1.81. The van der Waals surface area contributed by atoms with Crippen LogP contribution in [0, 0.1) is 11.7 Å². The van der Waals surface area contributed by atoms with Crippen LogP contribution in [0.3, 0.4) is 0 Å². The molecule has 2 heterocycles. The van der Waals surface area contributed by atoms with Crippen LogP contribution in [0.2, 0.25) is 0 Å². The van der Waals surface area contributed by atoms with Crippen LogP contribution in [-0.4, -0.2) is 19.9 Å². The Morgan fingerprint density at radius 1 is 1.62 bits per heavy atom. The van der Waals surface area contributed by atoms with Crippen LogP contribution in [0.1, 0.15) is 5.76 Å². The highest BCUT2D eigenvalue weighted by molar-refractivity contribution is 7.71. The predicted octanol–water partition coefficient (Wildman–Crippen LogP) is 1.44. The summed E-state index contributed by atoms with van der Waals surface area (Å²) >= 11 is 4.96. The Hall–Kier alpha value is -1.43. The summed E-state index contributed by atoms with van der Waals surface area (Å²) < 4.78 is 7.09. The van der Waals surface area contributed by atoms with Crippen LogP contribution in [0.25, 0.3) is 11.4 Å². The summed E-state index contributed by atoms with van der Waals surface area (Å²) in [5.74, 6) is 1.41. The fourth-order valence-electron chi connectivity index (χ4n) is 1.05. The number of rotatable bonds is 1. The lowest BCUT2D eigenvalue weighted by atomic mass is 10.3. The number of aromatic nitrogens is 4. The molecular formula is C7H8N4OS. The number of hydrogen-bond donors (Lipinski definition) is 1. The van der Waals surface area contributed by atoms with E-state index < -0.39 is 0 Å². The monoisotopic (exact) mass is 196 g/mol. The first-order valence-corrected chi connectivity index (χ1v) is 4.14. The largest absolute Gasteiger partial charge is 0.361 e. The molecule has 0 aliphatic rings. The Morgan fingerprint density at radius 3 is 2.85 bits per heavy atom. The van der Waals surface area contributed by atoms with E-state index in [0.29, 0.717) is 10.6 Å². The molecular weight excluding hydrogens is 188 g/mol. The smallest absolute Gasteiger partial charge is 0.216 e. The molecule has 0 bridgehead atoms. The van der Waals surface area contributed by atoms with E-state index in [2.05, 4.69) is 15.2 Å². The standard InChI is InChI=1S/C7H8N4OS/c1-4-5(3-8-12-4)6-9-7(13)11(2)10-6/h3H,1-2H3,(H,9,10,13). The Balaban J connectivity index is 2.59. The van der Waals surface area contributed by atoms with Gasteiger partial charge in [-0.3, -0.25) is 9.78 Å². The van der Waals surface area contributed by atoms with Crippen LogP contribution < -0.4 is 0 Å². The number of nitrogens with zero attached hydrogens (tertiary/aromatic N) is 3. The van der Waals surface area contributed by atoms with Gasteiger partial charge >= 0.3 is 0 Å². The van der Waals surface area contributed by atoms with Crippen LogP contribution >= 0.6 is 12.2 Å². The molecule has 0 fully saturated rings. The lowest BCUT2D eigenvalue weighted by Crippen LogP contribution is -1.89. The molecule has 0 saturated heterocycles. The minimum atomic E-state index is 0.510. The Morgan fingerprint density at radius 2 is 2.38 bits per heavy atom. The minimum absolute atomic E-state index is 0.510. The lowest BCUT2D eigenvalue weighted by molar-refractivity contribution is 0.398. The zero-order valence-electron chi connectivity index (χ0n) is 7.24. The molecule has 2 aromatic heterocycles. The van der Waals surface area contributed by atoms with Crippen molar-refractivity contribution in [2.45, 2.75) is 6.92 Å². The molecule has 1 N–H and O–H groups in total. The lowest BCUT2D eigenvalue weighted by Gasteiger charge is -1.89. The van der Waals surface area contributed by atoms with Crippen molar-refractivity contribution in [3.8, 4) is 11.4 Å². The van der Waals surface area contributed by atoms with Crippen LogP contribution in [0.5, 0.6) is 0 Å². The number of nitrogens with one attached hydrogen (secondary N) is 1. The first-order valence-electron chi connectivity index (χ1n) is 3.73. The van der Waals surface area contributed by atoms with Gasteiger partial charge in [0.2, 0.25) is 4.77 Å². The third-order valence-electron chi connectivity index (χ3n) is 1.77. The van der Waals surface area contributed by atoms with Crippen molar-refractivity contribution in [3.63, 3.8) is 0 Å². The van der Waals surface area contributed by atoms with Crippen LogP contribution in [0.4, 0.5) is 0 Å². The number of aromatic amines is 1. The van der Waals surface area contributed by atoms with Gasteiger partial charge in [-0.05, 0) is 19.1 Å². The summed E-state index contributed by atoms with van der Waals surface area (Å²) in [6, 6.07) is 0. The van der Waals surface area contributed by atoms with Crippen molar-refractivity contribution < 1.29 is 4.52 Å². The molecule has 0 aromatic carbocycles. The number of H-pyrrole nitrogens is 1. The topological polar surface area (TPSA) is 59.6 Å². The van der Waals surface area contributed by atoms with Gasteiger partial charge in [-0.25, -0.2) is 0 Å². The van der Waals surface area contributed by atoms with Crippen molar-refractivity contribution >= 4 is 12.2 Å². The fourth-order valence-corrected chi connectivity index (χ4v) is 1.19. The second-order valence-corrected chi connectivity index (χ2v) is 3.07. The van der Waals surface area contributed by atoms with Gasteiger partial charge in [0.15, 0.2) is 5.82 Å². The zero-order valence-corrected chi connectivity index (χ0v) is 8.05. The molecule has 2 aromatic rings. The maximum absolute atomic E-state index is 4.96. The summed E-state index contributed by atoms with van der Waals surface area (Å²) in [6.45, 7) is 1.83. The van der Waals surface area contributed by atoms with Gasteiger partial charge in [0.05, 0.1) is 11.8 Å². The molecule has 13 heavy (non-hydrogen) atoms. The number of hydrogen-bond acceptors (Lipinski definition) is 4. The van der Waals surface area contributed by atoms with E-state index in [9.17, 15) is 0 Å². The molecule has 0 saturated carbocycles. The summed E-state index contributed by atoms with van der Waals surface area (Å²) in [5, 5.41) is 6.65. The third-order valence-corrected chi connectivity index (χ3v) is 2.14. The Kier molecular flexibility index (Phi) is 1.77. The molecule has 0 unspecified atom stereocenters. The second-order valence-electron chi connectivity index (χ2n) is 2.71. The highest BCUT2D eigenvalue weighted by Crippen LogP contribution is 2.17. The predicted molar refractivity (Wildman–Crippen MR) is 48.6 cm³/mol. The second kappa shape index (κ2) is 2.81. The fraction of sp³-hybridized carbons (Fsp3) is 0.286. The molecule has 0 spiro atoms. The molecule has 0 aliphatic carbocycles. The quantitative estimate of drug-likeness (QED) is 0.701. The van der Waals surface area contributed by atoms with Crippen molar-refractivity contribution in [2.24, 2.45) is 7.05 Å². The van der Waals surface area contributed by atoms with Crippen molar-refractivity contribution in [2.75, 3.05) is 0 Å². The van der Waals surface area contributed by atoms with Gasteiger partial charge in [0.1, 0.15) is 5.76 Å². The Bertz CT molecular complexity index is 481. The highest BCUT2D eigenvalue weighted by Gasteiger charge is 2.09. The molecule has 0 atom stereocenters. The minimum Gasteiger partial charge on any atom is -0.361 e. The zero-order chi connectivity index (χ0) is 9.42. The van der Waals surface area contributed by atoms with Crippen LogP contribution in [0.15, 0.2) is 10.7 Å². The van der Waals surface area contributed by atoms with Crippen molar-refractivity contribution in [3.05, 3.63) is 16.7 Å². The third kappa shape index (κ3) is 1.29. The average molecular weight is 196 g/mol. The van der Waals surface area contributed by atoms with Crippen molar-refractivity contribution in [1.29, 1.82) is 0 Å². The molecule has 68 valence electrons. The Labute approximate surface area is 79.4 Å². The molecule has 6 heteroatoms. The van der Waals surface area contributed by atoms with E-state index in [4.69, 9.17) is 16.7 Å². The first-order chi connectivity index (χ1) is 6.18. The number of aryl methyl sites for hydroxylation is 2. The SMILES string of the molecule is Cc1oncc1-c1nc(=S)n(C)[nH]1. The van der Waals surface area contributed by atoms with E-state index in [-0.39, 0.29) is 0 Å². The van der Waals surface area contributed by atoms with E-state index >= 15 is 0 Å². The van der Waals surface area contributed by atoms with Gasteiger partial charge < -0.3 is 4.52 Å². The van der Waals surface area contributed by atoms with E-state index in [0.717, 1.165) is 11.3 Å². The highest BCUT2D eigenvalue weighted by atomic mass is 32.1. The summed E-state index contributed by atoms with van der Waals surface area (Å²) in [6.07, 6.45) is 1.61. The molecule has 2 rings (SSSR count). The van der Waals surface area contributed by atoms with Gasteiger partial charge in [-0.2, -0.15) is 4.98 Å². The first kappa shape index (κ1) is 8.18. The van der Waals surface area contributed by atoms with Gasteiger partial charge in [-0.1, -0.05) is 5.16 Å². The molecule has 0 amide bonds. The van der Waals surface area contributed by atoms with E-state index in [1.165, 1.54) is 0 Å². The van der Waals surface area contributed by atoms with E-state index in [1.54, 1.807) is 10.9 Å². The maximum atomic E-state index is 4.96. The van der Waals surface area contributed by atoms with Crippen LogP contribution in [-0.2, 0) is 7.05 Å². The average Bonchev–Trinajstić information content (AvgIpc) is 2.60. The van der Waals surface area contributed by atoms with Gasteiger partial charge in [0.25, 0.3) is 0 Å². The molecule has 5 nitrogen and oxygen atoms in total. The van der Waals surface area contributed by atoms with Gasteiger partial charge in [0, 0.05) is 7.05 Å². The maximum Gasteiger partial charge on any atom is 0.216 e. The van der Waals surface area contributed by atoms with E-state index in [1.807, 2.05) is 14.0 Å². The van der Waals surface area contributed by atoms with Gasteiger partial charge in [-0.15, -0.1) is 0 Å².